The van der Waals surface area contributed by atoms with E-state index in [0.29, 0.717) is 31.2 Å². The Bertz CT molecular complexity index is 629. The molecule has 2 amide bonds. The summed E-state index contributed by atoms with van der Waals surface area (Å²) in [4.78, 5) is 27.0. The fourth-order valence-electron chi connectivity index (χ4n) is 2.24. The van der Waals surface area contributed by atoms with Crippen LogP contribution in [0, 0.1) is 11.3 Å². The summed E-state index contributed by atoms with van der Waals surface area (Å²) in [6, 6.07) is 9.10. The second kappa shape index (κ2) is 7.62. The van der Waals surface area contributed by atoms with Crippen molar-refractivity contribution >= 4 is 29.5 Å². The highest BCUT2D eigenvalue weighted by Crippen LogP contribution is 2.12. The van der Waals surface area contributed by atoms with Crippen LogP contribution in [0.1, 0.15) is 12.0 Å². The van der Waals surface area contributed by atoms with E-state index in [0.717, 1.165) is 5.56 Å². The maximum absolute atomic E-state index is 12.1. The van der Waals surface area contributed by atoms with E-state index in [9.17, 15) is 9.59 Å². The van der Waals surface area contributed by atoms with Gasteiger partial charge in [0.25, 0.3) is 0 Å². The number of hydrogen-bond donors (Lipinski definition) is 0. The van der Waals surface area contributed by atoms with E-state index >= 15 is 0 Å². The van der Waals surface area contributed by atoms with E-state index in [1.807, 2.05) is 18.2 Å². The molecule has 5 nitrogen and oxygen atoms in total. The molecule has 0 spiro atoms. The molecule has 0 saturated carbocycles. The van der Waals surface area contributed by atoms with Crippen LogP contribution in [-0.4, -0.2) is 47.8 Å². The van der Waals surface area contributed by atoms with Gasteiger partial charge in [-0.1, -0.05) is 23.7 Å². The number of rotatable bonds is 3. The van der Waals surface area contributed by atoms with Crippen LogP contribution in [0.15, 0.2) is 30.3 Å². The van der Waals surface area contributed by atoms with Crippen LogP contribution in [-0.2, 0) is 9.59 Å². The van der Waals surface area contributed by atoms with Gasteiger partial charge in [0.1, 0.15) is 6.42 Å². The lowest BCUT2D eigenvalue weighted by molar-refractivity contribution is -0.136. The summed E-state index contributed by atoms with van der Waals surface area (Å²) in [7, 11) is 0. The highest BCUT2D eigenvalue weighted by molar-refractivity contribution is 6.30. The Hall–Kier alpha value is -2.32. The first kappa shape index (κ1) is 16.1. The van der Waals surface area contributed by atoms with Crippen LogP contribution in [0.5, 0.6) is 0 Å². The maximum Gasteiger partial charge on any atom is 0.246 e. The minimum absolute atomic E-state index is 0.0904. The lowest BCUT2D eigenvalue weighted by Gasteiger charge is -2.33. The summed E-state index contributed by atoms with van der Waals surface area (Å²) in [5, 5.41) is 9.15. The van der Waals surface area contributed by atoms with Crippen molar-refractivity contribution in [1.82, 2.24) is 9.80 Å². The summed E-state index contributed by atoms with van der Waals surface area (Å²) < 4.78 is 0. The van der Waals surface area contributed by atoms with Gasteiger partial charge in [0.2, 0.25) is 11.8 Å². The minimum Gasteiger partial charge on any atom is -0.338 e. The van der Waals surface area contributed by atoms with Crippen LogP contribution in [0.3, 0.4) is 0 Å². The fraction of sp³-hybridized carbons (Fsp3) is 0.312. The van der Waals surface area contributed by atoms with Crippen molar-refractivity contribution in [3.63, 3.8) is 0 Å². The molecule has 22 heavy (non-hydrogen) atoms. The second-order valence-electron chi connectivity index (χ2n) is 4.93. The van der Waals surface area contributed by atoms with Crippen LogP contribution in [0.25, 0.3) is 6.08 Å². The van der Waals surface area contributed by atoms with Gasteiger partial charge in [0.05, 0.1) is 6.07 Å². The Kier molecular flexibility index (Phi) is 5.56. The average molecular weight is 318 g/mol. The van der Waals surface area contributed by atoms with Crippen LogP contribution >= 0.6 is 11.6 Å². The lowest BCUT2D eigenvalue weighted by Crippen LogP contribution is -2.50. The number of carbonyl (C=O) groups excluding carboxylic acids is 2. The average Bonchev–Trinajstić information content (AvgIpc) is 2.53. The Balaban J connectivity index is 1.87. The first-order valence-corrected chi connectivity index (χ1v) is 7.35. The highest BCUT2D eigenvalue weighted by atomic mass is 35.5. The molecule has 0 aromatic heterocycles. The van der Waals surface area contributed by atoms with Gasteiger partial charge in [0.15, 0.2) is 0 Å². The van der Waals surface area contributed by atoms with E-state index in [1.54, 1.807) is 28.0 Å². The summed E-state index contributed by atoms with van der Waals surface area (Å²) in [5.74, 6) is -0.267. The molecule has 0 bridgehead atoms. The molecule has 2 rings (SSSR count). The largest absolute Gasteiger partial charge is 0.338 e. The maximum atomic E-state index is 12.1. The zero-order valence-corrected chi connectivity index (χ0v) is 12.8. The molecule has 114 valence electrons. The smallest absolute Gasteiger partial charge is 0.246 e. The van der Waals surface area contributed by atoms with Gasteiger partial charge in [-0.15, -0.1) is 0 Å². The molecular formula is C16H16ClN3O2. The molecule has 1 aromatic carbocycles. The van der Waals surface area contributed by atoms with E-state index in [1.165, 1.54) is 6.08 Å². The Labute approximate surface area is 134 Å². The fourth-order valence-corrected chi connectivity index (χ4v) is 2.44. The van der Waals surface area contributed by atoms with Crippen molar-refractivity contribution in [3.05, 3.63) is 40.9 Å². The van der Waals surface area contributed by atoms with Gasteiger partial charge in [-0.3, -0.25) is 9.59 Å². The third-order valence-corrected chi connectivity index (χ3v) is 3.68. The third kappa shape index (κ3) is 4.34. The molecule has 0 radical (unpaired) electrons. The van der Waals surface area contributed by atoms with Gasteiger partial charge in [0, 0.05) is 37.3 Å². The normalized spacial score (nSPS) is 14.9. The van der Waals surface area contributed by atoms with E-state index < -0.39 is 0 Å². The zero-order chi connectivity index (χ0) is 15.9. The Morgan fingerprint density at radius 1 is 1.23 bits per heavy atom. The topological polar surface area (TPSA) is 64.4 Å². The van der Waals surface area contributed by atoms with Crippen LogP contribution in [0.2, 0.25) is 5.02 Å². The van der Waals surface area contributed by atoms with Crippen molar-refractivity contribution in [1.29, 1.82) is 5.26 Å². The molecule has 1 aliphatic heterocycles. The van der Waals surface area contributed by atoms with Gasteiger partial charge in [-0.25, -0.2) is 0 Å². The van der Waals surface area contributed by atoms with Gasteiger partial charge in [-0.05, 0) is 23.8 Å². The Morgan fingerprint density at radius 2 is 1.91 bits per heavy atom. The minimum atomic E-state index is -0.177. The lowest BCUT2D eigenvalue weighted by atomic mass is 10.2. The first-order chi connectivity index (χ1) is 10.6. The van der Waals surface area contributed by atoms with Gasteiger partial charge >= 0.3 is 0 Å². The monoisotopic (exact) mass is 317 g/mol. The number of hydrogen-bond acceptors (Lipinski definition) is 3. The van der Waals surface area contributed by atoms with E-state index in [-0.39, 0.29) is 18.2 Å². The molecule has 0 unspecified atom stereocenters. The number of halogens is 1. The molecule has 1 heterocycles. The number of benzene rings is 1. The van der Waals surface area contributed by atoms with Gasteiger partial charge < -0.3 is 9.80 Å². The van der Waals surface area contributed by atoms with Crippen molar-refractivity contribution in [2.24, 2.45) is 0 Å². The Morgan fingerprint density at radius 3 is 2.55 bits per heavy atom. The number of nitriles is 1. The number of carbonyl (C=O) groups is 2. The van der Waals surface area contributed by atoms with Crippen LogP contribution < -0.4 is 0 Å². The summed E-state index contributed by atoms with van der Waals surface area (Å²) in [6.07, 6.45) is 3.13. The number of nitrogens with zero attached hydrogens (tertiary/aromatic N) is 3. The molecule has 0 aliphatic carbocycles. The summed E-state index contributed by atoms with van der Waals surface area (Å²) in [5.41, 5.74) is 0.865. The predicted octanol–water partition coefficient (Wildman–Crippen LogP) is 1.94. The summed E-state index contributed by atoms with van der Waals surface area (Å²) >= 11 is 5.89. The zero-order valence-electron chi connectivity index (χ0n) is 12.0. The molecule has 1 saturated heterocycles. The molecule has 0 atom stereocenters. The second-order valence-corrected chi connectivity index (χ2v) is 5.37. The predicted molar refractivity (Wildman–Crippen MR) is 83.9 cm³/mol. The molecule has 0 N–H and O–H groups in total. The van der Waals surface area contributed by atoms with Crippen molar-refractivity contribution in [2.75, 3.05) is 26.2 Å². The molecule has 1 aliphatic rings. The molecule has 6 heteroatoms. The molecule has 1 fully saturated rings. The first-order valence-electron chi connectivity index (χ1n) is 6.97. The number of amides is 2. The highest BCUT2D eigenvalue weighted by Gasteiger charge is 2.22. The summed E-state index contributed by atoms with van der Waals surface area (Å²) in [6.45, 7) is 1.90. The number of piperazine rings is 1. The van der Waals surface area contributed by atoms with Crippen molar-refractivity contribution < 1.29 is 9.59 Å². The standard InChI is InChI=1S/C16H16ClN3O2/c17-14-3-1-2-13(12-14)4-5-15(21)19-8-10-20(11-9-19)16(22)6-7-18/h1-5,12H,6,8-11H2/b5-4+. The molecular weight excluding hydrogens is 302 g/mol. The van der Waals surface area contributed by atoms with E-state index in [4.69, 9.17) is 16.9 Å². The van der Waals surface area contributed by atoms with Crippen molar-refractivity contribution in [3.8, 4) is 6.07 Å². The molecule has 1 aromatic rings. The van der Waals surface area contributed by atoms with Gasteiger partial charge in [-0.2, -0.15) is 5.26 Å². The SMILES string of the molecule is N#CCC(=O)N1CCN(C(=O)/C=C/c2cccc(Cl)c2)CC1. The quantitative estimate of drug-likeness (QED) is 0.800. The third-order valence-electron chi connectivity index (χ3n) is 3.44. The van der Waals surface area contributed by atoms with Crippen LogP contribution in [0.4, 0.5) is 0 Å². The van der Waals surface area contributed by atoms with E-state index in [2.05, 4.69) is 0 Å². The van der Waals surface area contributed by atoms with Crippen molar-refractivity contribution in [2.45, 2.75) is 6.42 Å².